The zero-order chi connectivity index (χ0) is 15.8. The van der Waals surface area contributed by atoms with E-state index in [4.69, 9.17) is 11.0 Å². The molecule has 0 spiro atoms. The Morgan fingerprint density at radius 2 is 2.14 bits per heavy atom. The van der Waals surface area contributed by atoms with Gasteiger partial charge in [0.2, 0.25) is 0 Å². The number of nitrogen functional groups attached to an aromatic ring is 1. The second-order valence-corrected chi connectivity index (χ2v) is 5.95. The van der Waals surface area contributed by atoms with Crippen molar-refractivity contribution in [2.24, 2.45) is 7.05 Å². The van der Waals surface area contributed by atoms with E-state index < -0.39 is 26.3 Å². The second kappa shape index (κ2) is 5.06. The molecule has 0 saturated carbocycles. The molecule has 0 unspecified atom stereocenters. The zero-order valence-corrected chi connectivity index (χ0v) is 12.1. The summed E-state index contributed by atoms with van der Waals surface area (Å²) in [5.74, 6) is -0.852. The quantitative estimate of drug-likeness (QED) is 0.882. The average molecular weight is 309 g/mol. The highest BCUT2D eigenvalue weighted by Crippen LogP contribution is 2.26. The van der Waals surface area contributed by atoms with Crippen LogP contribution in [0.3, 0.4) is 0 Å². The van der Waals surface area contributed by atoms with E-state index in [0.717, 1.165) is 12.1 Å². The predicted molar refractivity (Wildman–Crippen MR) is 74.3 cm³/mol. The van der Waals surface area contributed by atoms with Gasteiger partial charge in [-0.1, -0.05) is 6.07 Å². The summed E-state index contributed by atoms with van der Waals surface area (Å²) < 4.78 is 41.6. The van der Waals surface area contributed by atoms with E-state index >= 15 is 0 Å². The maximum absolute atomic E-state index is 13.5. The SMILES string of the molecule is Cc1nn(C)c(NS(=O)(=O)c2cccc(F)c2C#N)c1N. The highest BCUT2D eigenvalue weighted by Gasteiger charge is 2.24. The maximum atomic E-state index is 13.5. The Morgan fingerprint density at radius 3 is 2.67 bits per heavy atom. The standard InChI is InChI=1S/C12H12FN5O2S/c1-7-11(15)12(18(2)16-7)17-21(19,20)10-5-3-4-9(13)8(10)6-14/h3-5,17H,15H2,1-2H3. The fourth-order valence-electron chi connectivity index (χ4n) is 1.81. The van der Waals surface area contributed by atoms with Gasteiger partial charge >= 0.3 is 0 Å². The van der Waals surface area contributed by atoms with Crippen molar-refractivity contribution in [2.75, 3.05) is 10.5 Å². The van der Waals surface area contributed by atoms with Crippen molar-refractivity contribution >= 4 is 21.5 Å². The maximum Gasteiger partial charge on any atom is 0.264 e. The number of benzene rings is 1. The summed E-state index contributed by atoms with van der Waals surface area (Å²) in [5, 5.41) is 12.9. The van der Waals surface area contributed by atoms with E-state index in [1.807, 2.05) is 0 Å². The van der Waals surface area contributed by atoms with Crippen LogP contribution in [0.4, 0.5) is 15.9 Å². The Balaban J connectivity index is 2.55. The zero-order valence-electron chi connectivity index (χ0n) is 11.3. The molecule has 2 rings (SSSR count). The van der Waals surface area contributed by atoms with Crippen LogP contribution in [0, 0.1) is 24.1 Å². The summed E-state index contributed by atoms with van der Waals surface area (Å²) in [6, 6.07) is 4.91. The van der Waals surface area contributed by atoms with Crippen molar-refractivity contribution in [1.29, 1.82) is 5.26 Å². The summed E-state index contributed by atoms with van der Waals surface area (Å²) in [6.45, 7) is 1.62. The van der Waals surface area contributed by atoms with Crippen molar-refractivity contribution in [3.8, 4) is 6.07 Å². The van der Waals surface area contributed by atoms with Gasteiger partial charge in [-0.15, -0.1) is 0 Å². The third kappa shape index (κ3) is 2.53. The molecular weight excluding hydrogens is 297 g/mol. The number of halogens is 1. The molecule has 2 aromatic rings. The number of hydrogen-bond acceptors (Lipinski definition) is 5. The van der Waals surface area contributed by atoms with Crippen LogP contribution in [0.15, 0.2) is 23.1 Å². The predicted octanol–water partition coefficient (Wildman–Crippen LogP) is 1.12. The highest BCUT2D eigenvalue weighted by atomic mass is 32.2. The molecule has 110 valence electrons. The van der Waals surface area contributed by atoms with Gasteiger partial charge in [0.15, 0.2) is 5.82 Å². The van der Waals surface area contributed by atoms with Gasteiger partial charge in [0, 0.05) is 7.05 Å². The van der Waals surface area contributed by atoms with Gasteiger partial charge in [0.1, 0.15) is 22.3 Å². The summed E-state index contributed by atoms with van der Waals surface area (Å²) in [6.07, 6.45) is 0. The van der Waals surface area contributed by atoms with Crippen LogP contribution >= 0.6 is 0 Å². The average Bonchev–Trinajstić information content (AvgIpc) is 2.65. The van der Waals surface area contributed by atoms with Crippen molar-refractivity contribution in [1.82, 2.24) is 9.78 Å². The molecule has 0 amide bonds. The van der Waals surface area contributed by atoms with Crippen LogP contribution in [0.1, 0.15) is 11.3 Å². The van der Waals surface area contributed by atoms with Crippen LogP contribution in [0.5, 0.6) is 0 Å². The number of sulfonamides is 1. The summed E-state index contributed by atoms with van der Waals surface area (Å²) in [7, 11) is -2.65. The van der Waals surface area contributed by atoms with Crippen LogP contribution in [0.25, 0.3) is 0 Å². The number of rotatable bonds is 3. The van der Waals surface area contributed by atoms with E-state index in [9.17, 15) is 12.8 Å². The first-order valence-electron chi connectivity index (χ1n) is 5.78. The van der Waals surface area contributed by atoms with Gasteiger partial charge in [-0.25, -0.2) is 17.5 Å². The van der Waals surface area contributed by atoms with Gasteiger partial charge in [0.25, 0.3) is 10.0 Å². The third-order valence-electron chi connectivity index (χ3n) is 2.88. The molecule has 9 heteroatoms. The Bertz CT molecular complexity index is 851. The third-order valence-corrected chi connectivity index (χ3v) is 4.26. The van der Waals surface area contributed by atoms with Crippen LogP contribution in [-0.2, 0) is 17.1 Å². The Labute approximate surface area is 120 Å². The number of hydrogen-bond donors (Lipinski definition) is 2. The Kier molecular flexibility index (Phi) is 3.57. The first kappa shape index (κ1) is 14.8. The van der Waals surface area contributed by atoms with Crippen LogP contribution in [0.2, 0.25) is 0 Å². The molecule has 1 heterocycles. The van der Waals surface area contributed by atoms with Gasteiger partial charge in [-0.3, -0.25) is 4.72 Å². The topological polar surface area (TPSA) is 114 Å². The summed E-state index contributed by atoms with van der Waals surface area (Å²) in [4.78, 5) is -0.455. The molecule has 0 atom stereocenters. The lowest BCUT2D eigenvalue weighted by atomic mass is 10.2. The molecule has 0 aliphatic heterocycles. The van der Waals surface area contributed by atoms with E-state index in [-0.39, 0.29) is 11.5 Å². The number of nitrogens with zero attached hydrogens (tertiary/aromatic N) is 3. The fourth-order valence-corrected chi connectivity index (χ4v) is 3.09. The summed E-state index contributed by atoms with van der Waals surface area (Å²) in [5.41, 5.74) is 5.80. The monoisotopic (exact) mass is 309 g/mol. The summed E-state index contributed by atoms with van der Waals surface area (Å²) >= 11 is 0. The number of aromatic nitrogens is 2. The minimum absolute atomic E-state index is 0.0562. The lowest BCUT2D eigenvalue weighted by Crippen LogP contribution is -2.18. The Hall–Kier alpha value is -2.60. The number of nitrogens with one attached hydrogen (secondary N) is 1. The first-order chi connectivity index (χ1) is 9.77. The molecule has 1 aromatic carbocycles. The van der Waals surface area contributed by atoms with E-state index in [2.05, 4.69) is 9.82 Å². The molecule has 0 aliphatic carbocycles. The molecule has 0 radical (unpaired) electrons. The molecule has 0 fully saturated rings. The molecule has 7 nitrogen and oxygen atoms in total. The van der Waals surface area contributed by atoms with E-state index in [1.165, 1.54) is 17.8 Å². The number of aryl methyl sites for hydroxylation is 2. The molecule has 3 N–H and O–H groups in total. The molecule has 0 saturated heterocycles. The number of anilines is 2. The normalized spacial score (nSPS) is 11.1. The van der Waals surface area contributed by atoms with Gasteiger partial charge in [0.05, 0.1) is 11.4 Å². The minimum atomic E-state index is -4.16. The van der Waals surface area contributed by atoms with Crippen LogP contribution in [-0.4, -0.2) is 18.2 Å². The first-order valence-corrected chi connectivity index (χ1v) is 7.26. The lowest BCUT2D eigenvalue weighted by Gasteiger charge is -2.10. The van der Waals surface area contributed by atoms with Gasteiger partial charge in [-0.2, -0.15) is 10.4 Å². The fraction of sp³-hybridized carbons (Fsp3) is 0.167. The van der Waals surface area contributed by atoms with Gasteiger partial charge in [-0.05, 0) is 19.1 Å². The Morgan fingerprint density at radius 1 is 1.48 bits per heavy atom. The van der Waals surface area contributed by atoms with Crippen molar-refractivity contribution in [2.45, 2.75) is 11.8 Å². The van der Waals surface area contributed by atoms with Crippen molar-refractivity contribution in [3.05, 3.63) is 35.3 Å². The number of nitriles is 1. The molecule has 21 heavy (non-hydrogen) atoms. The van der Waals surface area contributed by atoms with Crippen molar-refractivity contribution in [3.63, 3.8) is 0 Å². The second-order valence-electron chi connectivity index (χ2n) is 4.30. The molecule has 0 bridgehead atoms. The largest absolute Gasteiger partial charge is 0.394 e. The number of nitrogens with two attached hydrogens (primary N) is 1. The van der Waals surface area contributed by atoms with E-state index in [1.54, 1.807) is 13.0 Å². The van der Waals surface area contributed by atoms with Crippen LogP contribution < -0.4 is 10.5 Å². The van der Waals surface area contributed by atoms with Crippen molar-refractivity contribution < 1.29 is 12.8 Å². The molecule has 0 aliphatic rings. The smallest absolute Gasteiger partial charge is 0.264 e. The molecule has 1 aromatic heterocycles. The lowest BCUT2D eigenvalue weighted by molar-refractivity contribution is 0.593. The molecular formula is C12H12FN5O2S. The highest BCUT2D eigenvalue weighted by molar-refractivity contribution is 7.92. The van der Waals surface area contributed by atoms with Gasteiger partial charge < -0.3 is 5.73 Å². The minimum Gasteiger partial charge on any atom is -0.394 e. The van der Waals surface area contributed by atoms with E-state index in [0.29, 0.717) is 5.69 Å².